The Balaban J connectivity index is 0.777. The number of hydrogen-bond donors (Lipinski definition) is 10. The van der Waals surface area contributed by atoms with Crippen LogP contribution in [0.4, 0.5) is 0 Å². The van der Waals surface area contributed by atoms with Crippen LogP contribution in [-0.4, -0.2) is 261 Å². The molecule has 500 valence electrons. The van der Waals surface area contributed by atoms with Gasteiger partial charge in [0.15, 0.2) is 37.2 Å². The predicted molar refractivity (Wildman–Crippen MR) is 303 cm³/mol. The Morgan fingerprint density at radius 1 is 0.674 bits per heavy atom. The van der Waals surface area contributed by atoms with Crippen molar-refractivity contribution in [2.75, 3.05) is 27.4 Å². The maximum Gasteiger partial charge on any atom is 0.331 e. The average Bonchev–Trinajstić information content (AvgIpc) is 1.34. The second kappa shape index (κ2) is 28.9. The summed E-state index contributed by atoms with van der Waals surface area (Å²) >= 11 is 0. The maximum atomic E-state index is 14.1. The van der Waals surface area contributed by atoms with E-state index in [0.29, 0.717) is 12.8 Å². The zero-order valence-corrected chi connectivity index (χ0v) is 51.3. The first-order valence-electron chi connectivity index (χ1n) is 30.7. The van der Waals surface area contributed by atoms with E-state index >= 15 is 0 Å². The largest absolute Gasteiger partial charge is 0.458 e. The molecule has 0 unspecified atom stereocenters. The molecule has 9 rings (SSSR count). The van der Waals surface area contributed by atoms with Gasteiger partial charge in [0.1, 0.15) is 97.0 Å². The number of benzene rings is 1. The number of carbonyl (C=O) groups excluding carboxylic acids is 4. The summed E-state index contributed by atoms with van der Waals surface area (Å²) in [5, 5.41) is 109. The van der Waals surface area contributed by atoms with Crippen molar-refractivity contribution < 1.29 is 132 Å². The van der Waals surface area contributed by atoms with Gasteiger partial charge in [-0.15, -0.1) is 0 Å². The number of aliphatic hydroxyl groups is 10. The monoisotopic (exact) mass is 1270 g/mol. The molecule has 0 radical (unpaired) electrons. The zero-order chi connectivity index (χ0) is 64.6. The highest BCUT2D eigenvalue weighted by molar-refractivity contribution is 5.97. The summed E-state index contributed by atoms with van der Waals surface area (Å²) in [6, 6.07) is 9.10. The fourth-order valence-corrected chi connectivity index (χ4v) is 14.6. The Labute approximate surface area is 516 Å². The number of ketones is 3. The third-order valence-electron chi connectivity index (χ3n) is 20.0. The number of methoxy groups -OCH3 is 2. The molecule has 0 spiro atoms. The molecule has 8 aliphatic rings. The number of allylic oxidation sites excluding steroid dienone is 1. The lowest BCUT2D eigenvalue weighted by Gasteiger charge is -2.55. The van der Waals surface area contributed by atoms with Crippen molar-refractivity contribution in [1.29, 1.82) is 0 Å². The molecule has 30 atom stereocenters. The summed E-state index contributed by atoms with van der Waals surface area (Å²) in [4.78, 5) is 54.6. The fourth-order valence-electron chi connectivity index (χ4n) is 14.6. The highest BCUT2D eigenvalue weighted by Gasteiger charge is 2.62. The second-order valence-electron chi connectivity index (χ2n) is 25.5. The van der Waals surface area contributed by atoms with Crippen LogP contribution in [0.15, 0.2) is 48.6 Å². The summed E-state index contributed by atoms with van der Waals surface area (Å²) in [5.74, 6) is -3.15. The number of hydrogen-bond acceptors (Lipinski definition) is 27. The summed E-state index contributed by atoms with van der Waals surface area (Å²) in [5.41, 5.74) is -3.37. The molecule has 89 heavy (non-hydrogen) atoms. The van der Waals surface area contributed by atoms with Crippen LogP contribution >= 0.6 is 0 Å². The van der Waals surface area contributed by atoms with Gasteiger partial charge in [-0.1, -0.05) is 37.3 Å². The number of ether oxygens (including phenoxy) is 13. The van der Waals surface area contributed by atoms with Crippen LogP contribution in [0.2, 0.25) is 0 Å². The molecule has 0 bridgehead atoms. The standard InChI is InChI=1S/C62H90O27/c1-28(65)34-15-16-41(68)61(34,6)42(85-43(69)17-14-32-12-10-9-11-13-32)22-35-36(66)19-21-62(76)25-33(18-20-60(35,62)5)82-45-24-38(77-7)53(30(3)80-45)86-44-23-37(67)52(29(2)79-44)87-59-51(75)56(78-8)54(31(4)81-59)88-58-50(74)48(72)55(40(27-64)84-58)89-57-49(73)47(71)46(70)39(26-63)83-57/h9-14,17,19,21,29-31,33-35,37-40,42,44-59,63-64,67,70-76H,15-16,18,20,22-27H2,1-8H3/t29-,30-,31+,33+,34-,35-,37-,38-,39+,40+,42-,44+,45+,46+,47-,48+,49+,50+,51+,52-,53-,54+,55+,56+,57-,58-,59-,60-,61-,62-/m1/s1. The number of esters is 1. The van der Waals surface area contributed by atoms with Gasteiger partial charge in [-0.05, 0) is 84.1 Å². The van der Waals surface area contributed by atoms with Crippen LogP contribution in [0.3, 0.4) is 0 Å². The van der Waals surface area contributed by atoms with Crippen molar-refractivity contribution in [2.24, 2.45) is 22.7 Å². The van der Waals surface area contributed by atoms with Crippen LogP contribution in [-0.2, 0) is 80.8 Å². The van der Waals surface area contributed by atoms with Crippen molar-refractivity contribution in [2.45, 2.75) is 252 Å². The topological polar surface area (TPSA) is 391 Å². The molecule has 1 aromatic rings. The maximum absolute atomic E-state index is 14.1. The van der Waals surface area contributed by atoms with Gasteiger partial charge in [0.05, 0.1) is 60.9 Å². The van der Waals surface area contributed by atoms with Gasteiger partial charge < -0.3 is 113 Å². The van der Waals surface area contributed by atoms with E-state index in [0.717, 1.165) is 5.56 Å². The normalized spacial score (nSPS) is 46.6. The fraction of sp³-hybridized carbons (Fsp3) is 0.774. The third-order valence-corrected chi connectivity index (χ3v) is 20.0. The molecule has 0 amide bonds. The third kappa shape index (κ3) is 14.2. The quantitative estimate of drug-likeness (QED) is 0.0531. The molecule has 5 aliphatic heterocycles. The minimum absolute atomic E-state index is 0.0673. The van der Waals surface area contributed by atoms with Gasteiger partial charge >= 0.3 is 5.97 Å². The summed E-state index contributed by atoms with van der Waals surface area (Å²) in [6.07, 6.45) is -25.4. The Kier molecular flexibility index (Phi) is 22.6. The second-order valence-corrected chi connectivity index (χ2v) is 25.5. The number of aliphatic hydroxyl groups excluding tert-OH is 9. The minimum atomic E-state index is -1.90. The van der Waals surface area contributed by atoms with E-state index in [4.69, 9.17) is 61.6 Å². The van der Waals surface area contributed by atoms with Gasteiger partial charge in [-0.2, -0.15) is 0 Å². The van der Waals surface area contributed by atoms with E-state index in [1.54, 1.807) is 33.8 Å². The SMILES string of the molecule is CO[C@H]1[C@H](O)[C@@H](O[C@H]2[C@H](O)C[C@H](O[C@@H]3[C@@H](C)O[C@@H](O[C@H]4CC[C@]5(C)[C@H](C[C@@H](OC(=O)C=Cc6ccccc6)[C@@]6(C)C(=O)CC[C@@H]6C(C)=O)C(=O)C=C[C@@]5(O)C4)C[C@H]3OC)O[C@@H]2C)O[C@@H](C)[C@@H]1O[C@H]1O[C@@H](CO)[C@H](O[C@H]2O[C@@H](CO)[C@H](O)[C@@H](O)[C@@H]2O)[C@@H](O)[C@@H]1O. The molecular weight excluding hydrogens is 1180 g/mol. The molecule has 10 N–H and O–H groups in total. The van der Waals surface area contributed by atoms with Crippen LogP contribution in [0.1, 0.15) is 98.5 Å². The van der Waals surface area contributed by atoms with Crippen molar-refractivity contribution >= 4 is 29.4 Å². The predicted octanol–water partition coefficient (Wildman–Crippen LogP) is -0.816. The number of fused-ring (bicyclic) bond motifs is 1. The molecule has 27 nitrogen and oxygen atoms in total. The molecule has 27 heteroatoms. The molecule has 5 heterocycles. The van der Waals surface area contributed by atoms with Gasteiger partial charge in [0.2, 0.25) is 0 Å². The lowest BCUT2D eigenvalue weighted by atomic mass is 9.52. The average molecular weight is 1270 g/mol. The lowest BCUT2D eigenvalue weighted by molar-refractivity contribution is -0.384. The number of rotatable bonds is 21. The van der Waals surface area contributed by atoms with E-state index in [9.17, 15) is 70.2 Å². The molecular formula is C62H90O27. The van der Waals surface area contributed by atoms with Gasteiger partial charge in [-0.25, -0.2) is 4.79 Å². The lowest BCUT2D eigenvalue weighted by Crippen LogP contribution is -2.66. The van der Waals surface area contributed by atoms with Crippen LogP contribution in [0, 0.1) is 22.7 Å². The molecule has 0 aromatic heterocycles. The Morgan fingerprint density at radius 2 is 1.28 bits per heavy atom. The highest BCUT2D eigenvalue weighted by Crippen LogP contribution is 2.57. The Morgan fingerprint density at radius 3 is 1.92 bits per heavy atom. The van der Waals surface area contributed by atoms with E-state index < -0.39 is 201 Å². The number of carbonyl (C=O) groups is 4. The molecule has 2 saturated carbocycles. The van der Waals surface area contributed by atoms with Gasteiger partial charge in [0.25, 0.3) is 0 Å². The van der Waals surface area contributed by atoms with Crippen LogP contribution in [0.5, 0.6) is 0 Å². The number of Topliss-reactive ketones (excluding diaryl/α,β-unsaturated/α-hetero) is 2. The van der Waals surface area contributed by atoms with Gasteiger partial charge in [-0.3, -0.25) is 14.4 Å². The molecule has 3 aliphatic carbocycles. The van der Waals surface area contributed by atoms with Crippen LogP contribution in [0.25, 0.3) is 6.08 Å². The van der Waals surface area contributed by atoms with Crippen LogP contribution < -0.4 is 0 Å². The summed E-state index contributed by atoms with van der Waals surface area (Å²) in [6.45, 7) is 8.26. The minimum Gasteiger partial charge on any atom is -0.458 e. The van der Waals surface area contributed by atoms with Gasteiger partial charge in [0, 0.05) is 63.2 Å². The molecule has 5 saturated heterocycles. The Bertz CT molecular complexity index is 2610. The first kappa shape index (κ1) is 69.6. The van der Waals surface area contributed by atoms with E-state index in [-0.39, 0.29) is 55.9 Å². The highest BCUT2D eigenvalue weighted by atomic mass is 16.8. The Hall–Kier alpha value is -3.70. The summed E-state index contributed by atoms with van der Waals surface area (Å²) < 4.78 is 78.7. The zero-order valence-electron chi connectivity index (χ0n) is 51.3. The summed E-state index contributed by atoms with van der Waals surface area (Å²) in [7, 11) is 2.79. The first-order valence-corrected chi connectivity index (χ1v) is 30.7. The van der Waals surface area contributed by atoms with E-state index in [1.165, 1.54) is 39.4 Å². The van der Waals surface area contributed by atoms with Crippen molar-refractivity contribution in [1.82, 2.24) is 0 Å². The van der Waals surface area contributed by atoms with Crippen molar-refractivity contribution in [3.8, 4) is 0 Å². The molecule has 7 fully saturated rings. The molecule has 1 aromatic carbocycles. The van der Waals surface area contributed by atoms with E-state index in [2.05, 4.69) is 0 Å². The van der Waals surface area contributed by atoms with Crippen molar-refractivity contribution in [3.05, 3.63) is 54.1 Å². The van der Waals surface area contributed by atoms with Crippen molar-refractivity contribution in [3.63, 3.8) is 0 Å². The van der Waals surface area contributed by atoms with E-state index in [1.807, 2.05) is 37.3 Å². The smallest absolute Gasteiger partial charge is 0.331 e. The first-order chi connectivity index (χ1) is 42.2.